The van der Waals surface area contributed by atoms with Crippen molar-refractivity contribution in [3.8, 4) is 11.5 Å². The molecule has 29 heavy (non-hydrogen) atoms. The molecule has 0 unspecified atom stereocenters. The summed E-state index contributed by atoms with van der Waals surface area (Å²) in [7, 11) is 3.53. The molecule has 1 aliphatic heterocycles. The minimum atomic E-state index is 0.318. The van der Waals surface area contributed by atoms with Gasteiger partial charge in [-0.2, -0.15) is 0 Å². The van der Waals surface area contributed by atoms with E-state index in [4.69, 9.17) is 9.47 Å². The lowest BCUT2D eigenvalue weighted by Crippen LogP contribution is -2.49. The van der Waals surface area contributed by atoms with Crippen LogP contribution in [0.3, 0.4) is 0 Å². The number of guanidine groups is 1. The fourth-order valence-electron chi connectivity index (χ4n) is 4.24. The molecule has 162 valence electrons. The highest BCUT2D eigenvalue weighted by Gasteiger charge is 2.22. The highest BCUT2D eigenvalue weighted by molar-refractivity contribution is 5.80. The summed E-state index contributed by atoms with van der Waals surface area (Å²) in [5, 5.41) is 7.04. The first-order chi connectivity index (χ1) is 14.1. The Hall–Kier alpha value is -1.95. The van der Waals surface area contributed by atoms with Crippen LogP contribution in [0, 0.1) is 0 Å². The molecule has 3 rings (SSSR count). The summed E-state index contributed by atoms with van der Waals surface area (Å²) in [6.45, 7) is 7.54. The van der Waals surface area contributed by atoms with E-state index in [-0.39, 0.29) is 0 Å². The number of hydrogen-bond acceptors (Lipinski definition) is 4. The van der Waals surface area contributed by atoms with Gasteiger partial charge in [-0.25, -0.2) is 0 Å². The molecule has 2 N–H and O–H groups in total. The average Bonchev–Trinajstić information content (AvgIpc) is 3.24. The molecule has 1 aromatic rings. The maximum Gasteiger partial charge on any atom is 0.191 e. The van der Waals surface area contributed by atoms with Crippen molar-refractivity contribution in [2.45, 2.75) is 77.1 Å². The summed E-state index contributed by atoms with van der Waals surface area (Å²) in [5.41, 5.74) is 1.16. The van der Waals surface area contributed by atoms with Crippen LogP contribution in [0.4, 0.5) is 0 Å². The fraction of sp³-hybridized carbons (Fsp3) is 0.696. The molecule has 1 aromatic carbocycles. The van der Waals surface area contributed by atoms with Crippen LogP contribution in [-0.2, 0) is 6.54 Å². The predicted octanol–water partition coefficient (Wildman–Crippen LogP) is 3.55. The first kappa shape index (κ1) is 21.8. The van der Waals surface area contributed by atoms with E-state index in [1.54, 1.807) is 7.11 Å². The van der Waals surface area contributed by atoms with Crippen LogP contribution < -0.4 is 20.1 Å². The molecular formula is C23H38N4O2. The molecule has 1 saturated heterocycles. The number of nitrogens with zero attached hydrogens (tertiary/aromatic N) is 2. The van der Waals surface area contributed by atoms with Gasteiger partial charge in [0, 0.05) is 38.8 Å². The third-order valence-electron chi connectivity index (χ3n) is 6.11. The summed E-state index contributed by atoms with van der Waals surface area (Å²) >= 11 is 0. The molecule has 0 atom stereocenters. The van der Waals surface area contributed by atoms with Crippen LogP contribution in [0.5, 0.6) is 11.5 Å². The molecular weight excluding hydrogens is 364 g/mol. The Labute approximate surface area is 176 Å². The van der Waals surface area contributed by atoms with Crippen molar-refractivity contribution in [2.75, 3.05) is 27.2 Å². The normalized spacial score (nSPS) is 19.6. The van der Waals surface area contributed by atoms with E-state index in [1.165, 1.54) is 12.8 Å². The van der Waals surface area contributed by atoms with E-state index in [1.807, 2.05) is 13.1 Å². The molecule has 1 aliphatic carbocycles. The van der Waals surface area contributed by atoms with Gasteiger partial charge in [0.05, 0.1) is 13.2 Å². The summed E-state index contributed by atoms with van der Waals surface area (Å²) in [4.78, 5) is 6.95. The van der Waals surface area contributed by atoms with Crippen LogP contribution in [0.15, 0.2) is 23.2 Å². The number of piperidine rings is 1. The highest BCUT2D eigenvalue weighted by Crippen LogP contribution is 2.32. The number of ether oxygens (including phenoxy) is 2. The van der Waals surface area contributed by atoms with E-state index >= 15 is 0 Å². The average molecular weight is 403 g/mol. The van der Waals surface area contributed by atoms with Crippen molar-refractivity contribution in [1.82, 2.24) is 15.5 Å². The molecule has 1 heterocycles. The summed E-state index contributed by atoms with van der Waals surface area (Å²) in [6.07, 6.45) is 7.41. The predicted molar refractivity (Wildman–Crippen MR) is 119 cm³/mol. The van der Waals surface area contributed by atoms with Gasteiger partial charge in [0.1, 0.15) is 0 Å². The van der Waals surface area contributed by atoms with E-state index in [2.05, 4.69) is 46.5 Å². The van der Waals surface area contributed by atoms with Gasteiger partial charge in [-0.1, -0.05) is 6.07 Å². The van der Waals surface area contributed by atoms with Crippen molar-refractivity contribution in [3.05, 3.63) is 23.8 Å². The molecule has 0 radical (unpaired) electrons. The molecule has 6 heteroatoms. The highest BCUT2D eigenvalue weighted by atomic mass is 16.5. The Kier molecular flexibility index (Phi) is 8.04. The minimum Gasteiger partial charge on any atom is -0.493 e. The Bertz CT molecular complexity index is 663. The van der Waals surface area contributed by atoms with Gasteiger partial charge in [0.2, 0.25) is 0 Å². The molecule has 0 spiro atoms. The van der Waals surface area contributed by atoms with Crippen LogP contribution in [-0.4, -0.2) is 56.3 Å². The minimum absolute atomic E-state index is 0.318. The van der Waals surface area contributed by atoms with Gasteiger partial charge in [-0.15, -0.1) is 0 Å². The van der Waals surface area contributed by atoms with Crippen LogP contribution in [0.25, 0.3) is 0 Å². The van der Waals surface area contributed by atoms with E-state index in [9.17, 15) is 0 Å². The number of methoxy groups -OCH3 is 1. The lowest BCUT2D eigenvalue weighted by atomic mass is 10.0. The quantitative estimate of drug-likeness (QED) is 0.540. The van der Waals surface area contributed by atoms with Crippen molar-refractivity contribution >= 4 is 5.96 Å². The van der Waals surface area contributed by atoms with Crippen molar-refractivity contribution in [2.24, 2.45) is 4.99 Å². The lowest BCUT2D eigenvalue weighted by Gasteiger charge is -2.35. The van der Waals surface area contributed by atoms with Crippen LogP contribution in [0.2, 0.25) is 0 Å². The second kappa shape index (κ2) is 10.7. The van der Waals surface area contributed by atoms with Crippen LogP contribution >= 0.6 is 0 Å². The number of nitrogens with one attached hydrogen (secondary N) is 2. The number of likely N-dealkylation sites (tertiary alicyclic amines) is 1. The number of rotatable bonds is 7. The third kappa shape index (κ3) is 6.26. The maximum absolute atomic E-state index is 6.22. The van der Waals surface area contributed by atoms with Gasteiger partial charge in [0.25, 0.3) is 0 Å². The number of aliphatic imine (C=N–C) groups is 1. The SMILES string of the molecule is CN=C(NCc1ccc(OC)c(OC2CCCC2)c1)NC1CCN(C(C)C)CC1. The zero-order valence-electron chi connectivity index (χ0n) is 18.5. The third-order valence-corrected chi connectivity index (χ3v) is 6.11. The molecule has 1 saturated carbocycles. The zero-order valence-corrected chi connectivity index (χ0v) is 18.5. The summed E-state index contributed by atoms with van der Waals surface area (Å²) < 4.78 is 11.7. The molecule has 2 aliphatic rings. The monoisotopic (exact) mass is 402 g/mol. The summed E-state index contributed by atoms with van der Waals surface area (Å²) in [6, 6.07) is 7.29. The first-order valence-electron chi connectivity index (χ1n) is 11.1. The summed E-state index contributed by atoms with van der Waals surface area (Å²) in [5.74, 6) is 2.52. The zero-order chi connectivity index (χ0) is 20.6. The Morgan fingerprint density at radius 1 is 1.14 bits per heavy atom. The molecule has 0 aromatic heterocycles. The van der Waals surface area contributed by atoms with E-state index < -0.39 is 0 Å². The fourth-order valence-corrected chi connectivity index (χ4v) is 4.24. The van der Waals surface area contributed by atoms with Gasteiger partial charge < -0.3 is 25.0 Å². The first-order valence-corrected chi connectivity index (χ1v) is 11.1. The van der Waals surface area contributed by atoms with Crippen LogP contribution in [0.1, 0.15) is 57.9 Å². The van der Waals surface area contributed by atoms with E-state index in [0.717, 1.165) is 61.8 Å². The van der Waals surface area contributed by atoms with Gasteiger partial charge in [-0.05, 0) is 70.1 Å². The topological polar surface area (TPSA) is 58.1 Å². The Morgan fingerprint density at radius 2 is 1.86 bits per heavy atom. The Morgan fingerprint density at radius 3 is 2.48 bits per heavy atom. The standard InChI is InChI=1S/C23H38N4O2/c1-17(2)27-13-11-19(12-14-27)26-23(24-3)25-16-18-9-10-21(28-4)22(15-18)29-20-7-5-6-8-20/h9-10,15,17,19-20H,5-8,11-14,16H2,1-4H3,(H2,24,25,26). The smallest absolute Gasteiger partial charge is 0.191 e. The molecule has 0 bridgehead atoms. The molecule has 2 fully saturated rings. The number of benzene rings is 1. The van der Waals surface area contributed by atoms with Gasteiger partial charge in [0.15, 0.2) is 17.5 Å². The van der Waals surface area contributed by atoms with Crippen molar-refractivity contribution in [3.63, 3.8) is 0 Å². The van der Waals surface area contributed by atoms with Crippen molar-refractivity contribution < 1.29 is 9.47 Å². The van der Waals surface area contributed by atoms with Gasteiger partial charge >= 0.3 is 0 Å². The van der Waals surface area contributed by atoms with Gasteiger partial charge in [-0.3, -0.25) is 4.99 Å². The second-order valence-electron chi connectivity index (χ2n) is 8.48. The van der Waals surface area contributed by atoms with E-state index in [0.29, 0.717) is 24.7 Å². The second-order valence-corrected chi connectivity index (χ2v) is 8.48. The largest absolute Gasteiger partial charge is 0.493 e. The maximum atomic E-state index is 6.22. The molecule has 6 nitrogen and oxygen atoms in total. The Balaban J connectivity index is 1.52. The molecule has 0 amide bonds. The van der Waals surface area contributed by atoms with Crippen molar-refractivity contribution in [1.29, 1.82) is 0 Å². The number of hydrogen-bond donors (Lipinski definition) is 2. The lowest BCUT2D eigenvalue weighted by molar-refractivity contribution is 0.167.